The largest absolute Gasteiger partial charge is 0.393 e. The predicted octanol–water partition coefficient (Wildman–Crippen LogP) is -0.876. The standard InChI is InChI=1S/C11H21N3O3S/c15-11-7-9-1-2-10(8-11)14(9)18(16,17)13-5-3-12-4-6-13/h9-12,15H,1-8H2. The van der Waals surface area contributed by atoms with E-state index in [9.17, 15) is 13.5 Å². The third-order valence-corrected chi connectivity index (χ3v) is 6.46. The molecule has 3 rings (SSSR count). The van der Waals surface area contributed by atoms with Gasteiger partial charge >= 0.3 is 0 Å². The number of piperidine rings is 1. The summed E-state index contributed by atoms with van der Waals surface area (Å²) >= 11 is 0. The molecule has 0 aromatic rings. The average molecular weight is 275 g/mol. The molecule has 0 aromatic carbocycles. The number of fused-ring (bicyclic) bond motifs is 2. The molecule has 2 atom stereocenters. The van der Waals surface area contributed by atoms with Crippen LogP contribution in [0.1, 0.15) is 25.7 Å². The Kier molecular flexibility index (Phi) is 3.36. The smallest absolute Gasteiger partial charge is 0.282 e. The van der Waals surface area contributed by atoms with Crippen molar-refractivity contribution in [3.63, 3.8) is 0 Å². The van der Waals surface area contributed by atoms with Crippen molar-refractivity contribution in [1.82, 2.24) is 13.9 Å². The molecule has 0 spiro atoms. The summed E-state index contributed by atoms with van der Waals surface area (Å²) in [5.74, 6) is 0. The molecule has 2 N–H and O–H groups in total. The molecule has 2 unspecified atom stereocenters. The molecule has 3 aliphatic heterocycles. The summed E-state index contributed by atoms with van der Waals surface area (Å²) in [4.78, 5) is 0. The zero-order chi connectivity index (χ0) is 12.8. The van der Waals surface area contributed by atoms with Crippen molar-refractivity contribution in [2.75, 3.05) is 26.2 Å². The van der Waals surface area contributed by atoms with Crippen molar-refractivity contribution in [3.05, 3.63) is 0 Å². The molecule has 0 radical (unpaired) electrons. The Bertz CT molecular complexity index is 394. The Balaban J connectivity index is 1.81. The van der Waals surface area contributed by atoms with Gasteiger partial charge in [-0.1, -0.05) is 0 Å². The number of nitrogens with zero attached hydrogens (tertiary/aromatic N) is 2. The fourth-order valence-corrected chi connectivity index (χ4v) is 5.54. The lowest BCUT2D eigenvalue weighted by Crippen LogP contribution is -2.56. The summed E-state index contributed by atoms with van der Waals surface area (Å²) in [5.41, 5.74) is 0. The quantitative estimate of drug-likeness (QED) is 0.687. The second kappa shape index (κ2) is 4.72. The summed E-state index contributed by atoms with van der Waals surface area (Å²) in [6.07, 6.45) is 2.67. The third kappa shape index (κ3) is 2.08. The predicted molar refractivity (Wildman–Crippen MR) is 67.3 cm³/mol. The number of piperazine rings is 1. The lowest BCUT2D eigenvalue weighted by Gasteiger charge is -2.40. The van der Waals surface area contributed by atoms with Crippen LogP contribution in [0, 0.1) is 0 Å². The minimum absolute atomic E-state index is 0.0126. The van der Waals surface area contributed by atoms with Crippen molar-refractivity contribution in [2.45, 2.75) is 43.9 Å². The van der Waals surface area contributed by atoms with Gasteiger partial charge in [0.05, 0.1) is 6.10 Å². The maximum atomic E-state index is 12.7. The first-order valence-electron chi connectivity index (χ1n) is 6.76. The van der Waals surface area contributed by atoms with E-state index < -0.39 is 10.2 Å². The Morgan fingerprint density at radius 2 is 1.61 bits per heavy atom. The maximum absolute atomic E-state index is 12.7. The topological polar surface area (TPSA) is 72.9 Å². The van der Waals surface area contributed by atoms with Crippen molar-refractivity contribution in [2.24, 2.45) is 0 Å². The van der Waals surface area contributed by atoms with Gasteiger partial charge in [-0.3, -0.25) is 0 Å². The fraction of sp³-hybridized carbons (Fsp3) is 1.00. The first kappa shape index (κ1) is 12.8. The van der Waals surface area contributed by atoms with E-state index in [0.717, 1.165) is 25.9 Å². The van der Waals surface area contributed by atoms with Crippen LogP contribution >= 0.6 is 0 Å². The van der Waals surface area contributed by atoms with Gasteiger partial charge in [0.2, 0.25) is 0 Å². The lowest BCUT2D eigenvalue weighted by atomic mass is 10.0. The summed E-state index contributed by atoms with van der Waals surface area (Å²) in [6, 6.07) is 0.0253. The number of hydrogen-bond donors (Lipinski definition) is 2. The first-order valence-corrected chi connectivity index (χ1v) is 8.16. The van der Waals surface area contributed by atoms with Crippen LogP contribution in [0.5, 0.6) is 0 Å². The maximum Gasteiger partial charge on any atom is 0.282 e. The van der Waals surface area contributed by atoms with Gasteiger partial charge < -0.3 is 10.4 Å². The first-order chi connectivity index (χ1) is 8.59. The van der Waals surface area contributed by atoms with Crippen molar-refractivity contribution in [3.8, 4) is 0 Å². The van der Waals surface area contributed by atoms with E-state index in [1.165, 1.54) is 0 Å². The molecule has 3 heterocycles. The van der Waals surface area contributed by atoms with Crippen molar-refractivity contribution >= 4 is 10.2 Å². The molecule has 3 fully saturated rings. The highest BCUT2D eigenvalue weighted by atomic mass is 32.2. The van der Waals surface area contributed by atoms with Gasteiger partial charge in [-0.25, -0.2) is 0 Å². The van der Waals surface area contributed by atoms with Crippen LogP contribution in [-0.4, -0.2) is 66.5 Å². The van der Waals surface area contributed by atoms with Gasteiger partial charge in [0, 0.05) is 38.3 Å². The molecule has 0 aliphatic carbocycles. The van der Waals surface area contributed by atoms with Gasteiger partial charge in [-0.15, -0.1) is 0 Å². The Labute approximate surface area is 108 Å². The fourth-order valence-electron chi connectivity index (χ4n) is 3.49. The van der Waals surface area contributed by atoms with Crippen LogP contribution in [0.4, 0.5) is 0 Å². The van der Waals surface area contributed by atoms with Crippen molar-refractivity contribution < 1.29 is 13.5 Å². The molecular weight excluding hydrogens is 254 g/mol. The summed E-state index contributed by atoms with van der Waals surface area (Å²) in [5, 5.41) is 12.9. The Morgan fingerprint density at radius 1 is 1.06 bits per heavy atom. The van der Waals surface area contributed by atoms with E-state index in [1.807, 2.05) is 0 Å². The highest BCUT2D eigenvalue weighted by Gasteiger charge is 2.48. The van der Waals surface area contributed by atoms with Gasteiger partial charge in [0.15, 0.2) is 0 Å². The second-order valence-corrected chi connectivity index (χ2v) is 7.33. The molecule has 18 heavy (non-hydrogen) atoms. The van der Waals surface area contributed by atoms with Crippen LogP contribution in [0.25, 0.3) is 0 Å². The molecule has 6 nitrogen and oxygen atoms in total. The minimum atomic E-state index is -3.33. The molecule has 2 bridgehead atoms. The van der Waals surface area contributed by atoms with Crippen LogP contribution in [0.3, 0.4) is 0 Å². The molecule has 3 aliphatic rings. The van der Waals surface area contributed by atoms with E-state index in [0.29, 0.717) is 25.9 Å². The van der Waals surface area contributed by atoms with Crippen LogP contribution < -0.4 is 5.32 Å². The monoisotopic (exact) mass is 275 g/mol. The average Bonchev–Trinajstić information content (AvgIpc) is 2.64. The number of aliphatic hydroxyl groups is 1. The SMILES string of the molecule is O=S(=O)(N1CCNCC1)N1C2CCC1CC(O)C2. The Morgan fingerprint density at radius 3 is 2.17 bits per heavy atom. The zero-order valence-electron chi connectivity index (χ0n) is 10.5. The zero-order valence-corrected chi connectivity index (χ0v) is 11.3. The van der Waals surface area contributed by atoms with E-state index in [4.69, 9.17) is 0 Å². The number of nitrogens with one attached hydrogen (secondary N) is 1. The number of rotatable bonds is 2. The molecule has 7 heteroatoms. The van der Waals surface area contributed by atoms with E-state index in [-0.39, 0.29) is 18.2 Å². The second-order valence-electron chi connectivity index (χ2n) is 5.50. The van der Waals surface area contributed by atoms with Gasteiger partial charge in [0.1, 0.15) is 0 Å². The highest BCUT2D eigenvalue weighted by molar-refractivity contribution is 7.86. The van der Waals surface area contributed by atoms with E-state index in [1.54, 1.807) is 8.61 Å². The lowest BCUT2D eigenvalue weighted by molar-refractivity contribution is 0.0733. The van der Waals surface area contributed by atoms with E-state index in [2.05, 4.69) is 5.32 Å². The van der Waals surface area contributed by atoms with Crippen LogP contribution in [0.15, 0.2) is 0 Å². The molecule has 0 amide bonds. The summed E-state index contributed by atoms with van der Waals surface area (Å²) in [7, 11) is -3.33. The molecule has 104 valence electrons. The number of hydrogen-bond acceptors (Lipinski definition) is 4. The number of aliphatic hydroxyl groups excluding tert-OH is 1. The Hall–Kier alpha value is -0.210. The molecule has 3 saturated heterocycles. The van der Waals surface area contributed by atoms with Gasteiger partial charge in [-0.05, 0) is 25.7 Å². The van der Waals surface area contributed by atoms with Crippen LogP contribution in [-0.2, 0) is 10.2 Å². The normalized spacial score (nSPS) is 39.1. The molecular formula is C11H21N3O3S. The van der Waals surface area contributed by atoms with Crippen LogP contribution in [0.2, 0.25) is 0 Å². The summed E-state index contributed by atoms with van der Waals surface area (Å²) in [6.45, 7) is 2.57. The molecule has 0 saturated carbocycles. The third-order valence-electron chi connectivity index (χ3n) is 4.31. The van der Waals surface area contributed by atoms with E-state index >= 15 is 0 Å². The van der Waals surface area contributed by atoms with Crippen molar-refractivity contribution in [1.29, 1.82) is 0 Å². The highest BCUT2D eigenvalue weighted by Crippen LogP contribution is 2.38. The minimum Gasteiger partial charge on any atom is -0.393 e. The van der Waals surface area contributed by atoms with Gasteiger partial charge in [0.25, 0.3) is 10.2 Å². The summed E-state index contributed by atoms with van der Waals surface area (Å²) < 4.78 is 28.6. The molecule has 0 aromatic heterocycles. The van der Waals surface area contributed by atoms with Gasteiger partial charge in [-0.2, -0.15) is 17.0 Å².